The Morgan fingerprint density at radius 2 is 2.12 bits per heavy atom. The predicted octanol–water partition coefficient (Wildman–Crippen LogP) is 0.646. The van der Waals surface area contributed by atoms with E-state index >= 15 is 0 Å². The predicted molar refractivity (Wildman–Crippen MR) is 60.3 cm³/mol. The number of aromatic nitrogens is 3. The van der Waals surface area contributed by atoms with E-state index in [1.165, 1.54) is 7.11 Å². The van der Waals surface area contributed by atoms with Crippen LogP contribution in [0.15, 0.2) is 30.7 Å². The number of rotatable bonds is 3. The van der Waals surface area contributed by atoms with Gasteiger partial charge in [0, 0.05) is 12.4 Å². The fourth-order valence-electron chi connectivity index (χ4n) is 1.36. The molecule has 17 heavy (non-hydrogen) atoms. The second-order valence-electron chi connectivity index (χ2n) is 3.21. The Labute approximate surface area is 97.5 Å². The maximum Gasteiger partial charge on any atom is 0.254 e. The summed E-state index contributed by atoms with van der Waals surface area (Å²) in [6.45, 7) is 0. The molecule has 6 heteroatoms. The van der Waals surface area contributed by atoms with Gasteiger partial charge in [-0.25, -0.2) is 4.98 Å². The van der Waals surface area contributed by atoms with Crippen molar-refractivity contribution in [2.24, 2.45) is 5.73 Å². The molecular weight excluding hydrogens is 220 g/mol. The highest BCUT2D eigenvalue weighted by atomic mass is 16.5. The van der Waals surface area contributed by atoms with Crippen LogP contribution in [0.4, 0.5) is 0 Å². The molecule has 0 aliphatic carbocycles. The highest BCUT2D eigenvalue weighted by molar-refractivity contribution is 5.95. The van der Waals surface area contributed by atoms with Crippen LogP contribution in [0.2, 0.25) is 0 Å². The number of pyridine rings is 1. The van der Waals surface area contributed by atoms with Crippen LogP contribution in [0.1, 0.15) is 10.4 Å². The Morgan fingerprint density at radius 3 is 2.71 bits per heavy atom. The van der Waals surface area contributed by atoms with E-state index in [9.17, 15) is 4.79 Å². The summed E-state index contributed by atoms with van der Waals surface area (Å²) in [5.74, 6) is -0.402. The summed E-state index contributed by atoms with van der Waals surface area (Å²) in [4.78, 5) is 23.3. The second kappa shape index (κ2) is 4.56. The van der Waals surface area contributed by atoms with E-state index in [0.717, 1.165) is 0 Å². The third-order valence-electron chi connectivity index (χ3n) is 2.14. The lowest BCUT2D eigenvalue weighted by atomic mass is 10.2. The van der Waals surface area contributed by atoms with Crippen molar-refractivity contribution in [3.8, 4) is 17.3 Å². The highest BCUT2D eigenvalue weighted by Gasteiger charge is 2.12. The molecule has 0 unspecified atom stereocenters. The molecule has 0 aliphatic rings. The van der Waals surface area contributed by atoms with Gasteiger partial charge in [-0.2, -0.15) is 0 Å². The van der Waals surface area contributed by atoms with Gasteiger partial charge >= 0.3 is 0 Å². The normalized spacial score (nSPS) is 9.94. The van der Waals surface area contributed by atoms with Crippen molar-refractivity contribution in [1.29, 1.82) is 0 Å². The molecule has 0 saturated heterocycles. The van der Waals surface area contributed by atoms with Crippen molar-refractivity contribution >= 4 is 5.91 Å². The van der Waals surface area contributed by atoms with Crippen LogP contribution in [0.3, 0.4) is 0 Å². The summed E-state index contributed by atoms with van der Waals surface area (Å²) in [5.41, 5.74) is 6.60. The average molecular weight is 230 g/mol. The molecule has 0 aliphatic heterocycles. The van der Waals surface area contributed by atoms with E-state index in [1.54, 1.807) is 30.7 Å². The molecule has 2 aromatic heterocycles. The van der Waals surface area contributed by atoms with Crippen LogP contribution in [-0.2, 0) is 0 Å². The molecule has 6 nitrogen and oxygen atoms in total. The summed E-state index contributed by atoms with van der Waals surface area (Å²) in [7, 11) is 1.43. The number of nitrogens with two attached hydrogens (primary N) is 1. The molecule has 0 aromatic carbocycles. The zero-order chi connectivity index (χ0) is 12.3. The molecule has 1 amide bonds. The minimum absolute atomic E-state index is 0.181. The summed E-state index contributed by atoms with van der Waals surface area (Å²) in [5, 5.41) is 0. The van der Waals surface area contributed by atoms with Gasteiger partial charge in [-0.05, 0) is 12.1 Å². The van der Waals surface area contributed by atoms with Crippen molar-refractivity contribution in [2.45, 2.75) is 0 Å². The van der Waals surface area contributed by atoms with Gasteiger partial charge in [0.2, 0.25) is 5.88 Å². The van der Waals surface area contributed by atoms with Gasteiger partial charge in [-0.15, -0.1) is 0 Å². The number of carbonyl (C=O) groups is 1. The molecule has 0 fully saturated rings. The first-order valence-electron chi connectivity index (χ1n) is 4.83. The lowest BCUT2D eigenvalue weighted by Gasteiger charge is -2.06. The number of methoxy groups -OCH3 is 1. The first-order chi connectivity index (χ1) is 8.22. The van der Waals surface area contributed by atoms with Gasteiger partial charge in [0.15, 0.2) is 0 Å². The standard InChI is InChI=1S/C11H10N4O2/c1-17-11-7(10(12)16)2-3-8(15-11)9-6-13-4-5-14-9/h2-6H,1H3,(H2,12,16). The van der Waals surface area contributed by atoms with Crippen LogP contribution < -0.4 is 10.5 Å². The molecule has 0 atom stereocenters. The van der Waals surface area contributed by atoms with E-state index in [-0.39, 0.29) is 11.4 Å². The molecule has 2 N–H and O–H groups in total. The van der Waals surface area contributed by atoms with Crippen molar-refractivity contribution in [3.05, 3.63) is 36.3 Å². The smallest absolute Gasteiger partial charge is 0.254 e. The Balaban J connectivity index is 2.49. The Kier molecular flexibility index (Phi) is 2.95. The average Bonchev–Trinajstić information content (AvgIpc) is 2.39. The molecule has 2 rings (SSSR count). The van der Waals surface area contributed by atoms with Crippen LogP contribution in [0.25, 0.3) is 11.4 Å². The molecule has 86 valence electrons. The molecule has 0 saturated carbocycles. The molecule has 0 radical (unpaired) electrons. The maximum absolute atomic E-state index is 11.1. The van der Waals surface area contributed by atoms with Gasteiger partial charge in [0.25, 0.3) is 5.91 Å². The topological polar surface area (TPSA) is 91.0 Å². The largest absolute Gasteiger partial charge is 0.480 e. The summed E-state index contributed by atoms with van der Waals surface area (Å²) >= 11 is 0. The Hall–Kier alpha value is -2.50. The van der Waals surface area contributed by atoms with Crippen LogP contribution in [0, 0.1) is 0 Å². The summed E-state index contributed by atoms with van der Waals surface area (Å²) in [6.07, 6.45) is 4.70. The third-order valence-corrected chi connectivity index (χ3v) is 2.14. The number of hydrogen-bond acceptors (Lipinski definition) is 5. The third kappa shape index (κ3) is 2.20. The minimum Gasteiger partial charge on any atom is -0.480 e. The summed E-state index contributed by atoms with van der Waals surface area (Å²) < 4.78 is 5.01. The highest BCUT2D eigenvalue weighted by Crippen LogP contribution is 2.20. The Morgan fingerprint density at radius 1 is 1.29 bits per heavy atom. The lowest BCUT2D eigenvalue weighted by molar-refractivity contribution is 0.0996. The second-order valence-corrected chi connectivity index (χ2v) is 3.21. The minimum atomic E-state index is -0.583. The van der Waals surface area contributed by atoms with Crippen LogP contribution in [-0.4, -0.2) is 28.0 Å². The fourth-order valence-corrected chi connectivity index (χ4v) is 1.36. The number of amides is 1. The van der Waals surface area contributed by atoms with Crippen molar-refractivity contribution in [3.63, 3.8) is 0 Å². The van der Waals surface area contributed by atoms with Gasteiger partial charge in [-0.3, -0.25) is 14.8 Å². The number of carbonyl (C=O) groups excluding carboxylic acids is 1. The van der Waals surface area contributed by atoms with E-state index in [1.807, 2.05) is 0 Å². The van der Waals surface area contributed by atoms with Crippen molar-refractivity contribution in [2.75, 3.05) is 7.11 Å². The van der Waals surface area contributed by atoms with Crippen LogP contribution >= 0.6 is 0 Å². The van der Waals surface area contributed by atoms with Crippen molar-refractivity contribution in [1.82, 2.24) is 15.0 Å². The zero-order valence-electron chi connectivity index (χ0n) is 9.12. The first-order valence-corrected chi connectivity index (χ1v) is 4.83. The van der Waals surface area contributed by atoms with Gasteiger partial charge in [0.1, 0.15) is 11.3 Å². The van der Waals surface area contributed by atoms with Crippen LogP contribution in [0.5, 0.6) is 5.88 Å². The van der Waals surface area contributed by atoms with Crippen molar-refractivity contribution < 1.29 is 9.53 Å². The molecule has 2 aromatic rings. The number of ether oxygens (including phenoxy) is 1. The van der Waals surface area contributed by atoms with Gasteiger partial charge in [-0.1, -0.05) is 0 Å². The number of primary amides is 1. The first kappa shape index (κ1) is 11.0. The van der Waals surface area contributed by atoms with E-state index in [2.05, 4.69) is 15.0 Å². The zero-order valence-corrected chi connectivity index (χ0v) is 9.12. The molecular formula is C11H10N4O2. The maximum atomic E-state index is 11.1. The fraction of sp³-hybridized carbons (Fsp3) is 0.0909. The van der Waals surface area contributed by atoms with E-state index < -0.39 is 5.91 Å². The van der Waals surface area contributed by atoms with E-state index in [4.69, 9.17) is 10.5 Å². The SMILES string of the molecule is COc1nc(-c2cnccn2)ccc1C(N)=O. The lowest BCUT2D eigenvalue weighted by Crippen LogP contribution is -2.13. The monoisotopic (exact) mass is 230 g/mol. The Bertz CT molecular complexity index is 542. The van der Waals surface area contributed by atoms with Gasteiger partial charge < -0.3 is 10.5 Å². The summed E-state index contributed by atoms with van der Waals surface area (Å²) in [6, 6.07) is 3.20. The molecule has 0 spiro atoms. The number of nitrogens with zero attached hydrogens (tertiary/aromatic N) is 3. The molecule has 0 bridgehead atoms. The quantitative estimate of drug-likeness (QED) is 0.835. The molecule has 2 heterocycles. The van der Waals surface area contributed by atoms with Gasteiger partial charge in [0.05, 0.1) is 19.0 Å². The van der Waals surface area contributed by atoms with E-state index in [0.29, 0.717) is 11.4 Å². The number of hydrogen-bond donors (Lipinski definition) is 1.